The van der Waals surface area contributed by atoms with Gasteiger partial charge in [0.25, 0.3) is 0 Å². The number of rotatable bonds is 6. The van der Waals surface area contributed by atoms with Gasteiger partial charge in [-0.1, -0.05) is 26.7 Å². The van der Waals surface area contributed by atoms with Crippen molar-refractivity contribution >= 4 is 0 Å². The Morgan fingerprint density at radius 3 is 2.72 bits per heavy atom. The van der Waals surface area contributed by atoms with Crippen molar-refractivity contribution in [3.8, 4) is 0 Å². The van der Waals surface area contributed by atoms with Crippen LogP contribution in [0.3, 0.4) is 0 Å². The van der Waals surface area contributed by atoms with Crippen molar-refractivity contribution in [3.05, 3.63) is 18.0 Å². The third kappa shape index (κ3) is 3.35. The lowest BCUT2D eigenvalue weighted by atomic mass is 9.91. The highest BCUT2D eigenvalue weighted by atomic mass is 15.3. The molecular weight excluding hydrogens is 222 g/mol. The van der Waals surface area contributed by atoms with E-state index in [0.717, 1.165) is 13.0 Å². The minimum absolute atomic E-state index is 0.670. The monoisotopic (exact) mass is 249 g/mol. The molecule has 3 nitrogen and oxygen atoms in total. The minimum Gasteiger partial charge on any atom is -0.319 e. The quantitative estimate of drug-likeness (QED) is 0.840. The maximum atomic E-state index is 4.77. The van der Waals surface area contributed by atoms with E-state index in [1.165, 1.54) is 31.4 Å². The molecule has 1 aliphatic rings. The Bertz CT molecular complexity index is 352. The Balaban J connectivity index is 1.89. The first kappa shape index (κ1) is 13.6. The summed E-state index contributed by atoms with van der Waals surface area (Å²) in [4.78, 5) is 0. The summed E-state index contributed by atoms with van der Waals surface area (Å²) in [6.07, 6.45) is 8.65. The summed E-state index contributed by atoms with van der Waals surface area (Å²) in [5.74, 6) is 1.39. The van der Waals surface area contributed by atoms with E-state index in [9.17, 15) is 0 Å². The van der Waals surface area contributed by atoms with Crippen molar-refractivity contribution in [2.45, 2.75) is 52.0 Å². The second kappa shape index (κ2) is 6.37. The number of hydrogen-bond donors (Lipinski definition) is 1. The largest absolute Gasteiger partial charge is 0.319 e. The minimum atomic E-state index is 0.670. The van der Waals surface area contributed by atoms with Gasteiger partial charge in [0.15, 0.2) is 0 Å². The van der Waals surface area contributed by atoms with Gasteiger partial charge in [0.2, 0.25) is 0 Å². The molecule has 1 aromatic rings. The second-order valence-electron chi connectivity index (χ2n) is 5.94. The first-order valence-electron chi connectivity index (χ1n) is 7.39. The molecule has 2 unspecified atom stereocenters. The van der Waals surface area contributed by atoms with Crippen LogP contribution in [0, 0.1) is 11.8 Å². The summed E-state index contributed by atoms with van der Waals surface area (Å²) in [7, 11) is 2.03. The smallest absolute Gasteiger partial charge is 0.0627 e. The molecule has 18 heavy (non-hydrogen) atoms. The first-order valence-corrected chi connectivity index (χ1v) is 7.39. The van der Waals surface area contributed by atoms with Crippen molar-refractivity contribution in [1.29, 1.82) is 0 Å². The third-order valence-corrected chi connectivity index (χ3v) is 4.39. The Hall–Kier alpha value is -0.830. The maximum Gasteiger partial charge on any atom is 0.0627 e. The predicted octanol–water partition coefficient (Wildman–Crippen LogP) is 3.03. The van der Waals surface area contributed by atoms with Gasteiger partial charge in [0.1, 0.15) is 0 Å². The van der Waals surface area contributed by atoms with Crippen LogP contribution >= 0.6 is 0 Å². The molecule has 0 bridgehead atoms. The zero-order valence-electron chi connectivity index (χ0n) is 12.0. The zero-order valence-corrected chi connectivity index (χ0v) is 12.0. The Morgan fingerprint density at radius 2 is 2.06 bits per heavy atom. The number of aromatic nitrogens is 2. The fourth-order valence-electron chi connectivity index (χ4n) is 2.91. The molecule has 2 rings (SSSR count). The Kier molecular flexibility index (Phi) is 4.81. The van der Waals surface area contributed by atoms with Crippen LogP contribution in [-0.2, 0) is 6.42 Å². The number of nitrogens with zero attached hydrogens (tertiary/aromatic N) is 2. The van der Waals surface area contributed by atoms with Gasteiger partial charge in [0.05, 0.1) is 11.7 Å². The Morgan fingerprint density at radius 1 is 1.33 bits per heavy atom. The van der Waals surface area contributed by atoms with Crippen LogP contribution in [0.1, 0.15) is 51.3 Å². The van der Waals surface area contributed by atoms with Gasteiger partial charge in [0, 0.05) is 6.20 Å². The summed E-state index contributed by atoms with van der Waals surface area (Å²) >= 11 is 0. The van der Waals surface area contributed by atoms with E-state index >= 15 is 0 Å². The van der Waals surface area contributed by atoms with E-state index in [2.05, 4.69) is 36.1 Å². The van der Waals surface area contributed by atoms with Crippen LogP contribution in [0.25, 0.3) is 0 Å². The molecule has 0 aromatic carbocycles. The van der Waals surface area contributed by atoms with E-state index in [1.807, 2.05) is 7.05 Å². The highest BCUT2D eigenvalue weighted by molar-refractivity contribution is 5.01. The third-order valence-electron chi connectivity index (χ3n) is 4.39. The fourth-order valence-corrected chi connectivity index (χ4v) is 2.91. The van der Waals surface area contributed by atoms with Crippen LogP contribution in [0.15, 0.2) is 12.3 Å². The molecule has 0 radical (unpaired) electrons. The molecule has 2 atom stereocenters. The SMILES string of the molecule is CNCC(C)C(C)Cc1ccn(C2CCCC2)n1. The van der Waals surface area contributed by atoms with Crippen LogP contribution in [0.4, 0.5) is 0 Å². The van der Waals surface area contributed by atoms with E-state index in [4.69, 9.17) is 5.10 Å². The van der Waals surface area contributed by atoms with Gasteiger partial charge < -0.3 is 5.32 Å². The van der Waals surface area contributed by atoms with Crippen LogP contribution in [-0.4, -0.2) is 23.4 Å². The van der Waals surface area contributed by atoms with E-state index in [1.54, 1.807) is 0 Å². The molecule has 0 amide bonds. The maximum absolute atomic E-state index is 4.77. The van der Waals surface area contributed by atoms with E-state index in [0.29, 0.717) is 17.9 Å². The Labute approximate surface area is 111 Å². The summed E-state index contributed by atoms with van der Waals surface area (Å²) in [6.45, 7) is 5.73. The molecule has 1 heterocycles. The van der Waals surface area contributed by atoms with E-state index in [-0.39, 0.29) is 0 Å². The van der Waals surface area contributed by atoms with Crippen molar-refractivity contribution in [3.63, 3.8) is 0 Å². The molecule has 1 fully saturated rings. The predicted molar refractivity (Wildman–Crippen MR) is 75.7 cm³/mol. The molecule has 0 spiro atoms. The van der Waals surface area contributed by atoms with Gasteiger partial charge in [-0.15, -0.1) is 0 Å². The fraction of sp³-hybridized carbons (Fsp3) is 0.800. The number of hydrogen-bond acceptors (Lipinski definition) is 2. The molecule has 1 aliphatic carbocycles. The molecular formula is C15H27N3. The van der Waals surface area contributed by atoms with E-state index < -0.39 is 0 Å². The molecule has 1 saturated carbocycles. The van der Waals surface area contributed by atoms with Gasteiger partial charge in [-0.05, 0) is 50.8 Å². The standard InChI is InChI=1S/C15H27N3/c1-12(13(2)11-16-3)10-14-8-9-18(17-14)15-6-4-5-7-15/h8-9,12-13,15-16H,4-7,10-11H2,1-3H3. The lowest BCUT2D eigenvalue weighted by Crippen LogP contribution is -2.23. The average Bonchev–Trinajstić information content (AvgIpc) is 2.98. The van der Waals surface area contributed by atoms with Crippen molar-refractivity contribution in [2.24, 2.45) is 11.8 Å². The average molecular weight is 249 g/mol. The molecule has 1 N–H and O–H groups in total. The summed E-state index contributed by atoms with van der Waals surface area (Å²) < 4.78 is 2.21. The topological polar surface area (TPSA) is 29.9 Å². The van der Waals surface area contributed by atoms with Gasteiger partial charge in [-0.2, -0.15) is 5.10 Å². The van der Waals surface area contributed by atoms with Gasteiger partial charge in [-0.25, -0.2) is 0 Å². The summed E-state index contributed by atoms with van der Waals surface area (Å²) in [5, 5.41) is 8.03. The molecule has 0 aliphatic heterocycles. The van der Waals surface area contributed by atoms with Crippen LogP contribution < -0.4 is 5.32 Å². The van der Waals surface area contributed by atoms with Gasteiger partial charge in [-0.3, -0.25) is 4.68 Å². The summed E-state index contributed by atoms with van der Waals surface area (Å²) in [5.41, 5.74) is 1.26. The molecule has 3 heteroatoms. The van der Waals surface area contributed by atoms with Gasteiger partial charge >= 0.3 is 0 Å². The van der Waals surface area contributed by atoms with Crippen LogP contribution in [0.5, 0.6) is 0 Å². The van der Waals surface area contributed by atoms with Crippen molar-refractivity contribution in [2.75, 3.05) is 13.6 Å². The summed E-state index contributed by atoms with van der Waals surface area (Å²) in [6, 6.07) is 2.88. The highest BCUT2D eigenvalue weighted by Gasteiger charge is 2.18. The zero-order chi connectivity index (χ0) is 13.0. The van der Waals surface area contributed by atoms with Crippen molar-refractivity contribution < 1.29 is 0 Å². The number of nitrogens with one attached hydrogen (secondary N) is 1. The van der Waals surface area contributed by atoms with Crippen molar-refractivity contribution in [1.82, 2.24) is 15.1 Å². The highest BCUT2D eigenvalue weighted by Crippen LogP contribution is 2.29. The van der Waals surface area contributed by atoms with Crippen LogP contribution in [0.2, 0.25) is 0 Å². The molecule has 102 valence electrons. The first-order chi connectivity index (χ1) is 8.70. The molecule has 1 aromatic heterocycles. The normalized spacial score (nSPS) is 20.2. The molecule has 0 saturated heterocycles. The lowest BCUT2D eigenvalue weighted by molar-refractivity contribution is 0.368. The lowest BCUT2D eigenvalue weighted by Gasteiger charge is -2.18. The second-order valence-corrected chi connectivity index (χ2v) is 5.94.